The second-order valence-electron chi connectivity index (χ2n) is 6.18. The molecule has 0 unspecified atom stereocenters. The molecule has 4 rings (SSSR count). The maximum Gasteiger partial charge on any atom is 0.166 e. The molecule has 1 N–H and O–H groups in total. The van der Waals surface area contributed by atoms with Gasteiger partial charge in [-0.15, -0.1) is 0 Å². The molecule has 3 aromatic heterocycles. The summed E-state index contributed by atoms with van der Waals surface area (Å²) in [7, 11) is 3.12. The van der Waals surface area contributed by atoms with Gasteiger partial charge in [-0.25, -0.2) is 4.98 Å². The van der Waals surface area contributed by atoms with Gasteiger partial charge in [-0.3, -0.25) is 9.97 Å². The van der Waals surface area contributed by atoms with Crippen LogP contribution in [-0.4, -0.2) is 34.3 Å². The number of aliphatic hydroxyl groups excluding tert-OH is 1. The molecule has 0 saturated carbocycles. The average molecular weight is 373 g/mol. The highest BCUT2D eigenvalue weighted by atomic mass is 16.5. The van der Waals surface area contributed by atoms with E-state index in [2.05, 4.69) is 9.97 Å². The summed E-state index contributed by atoms with van der Waals surface area (Å²) in [6.07, 6.45) is 4.13. The number of fused-ring (bicyclic) bond motifs is 1. The van der Waals surface area contributed by atoms with Crippen molar-refractivity contribution in [3.05, 3.63) is 78.4 Å². The molecule has 3 heterocycles. The Labute approximate surface area is 162 Å². The van der Waals surface area contributed by atoms with Crippen molar-refractivity contribution in [2.45, 2.75) is 6.10 Å². The Morgan fingerprint density at radius 3 is 2.50 bits per heavy atom. The molecule has 0 bridgehead atoms. The number of nitrogens with zero attached hydrogens (tertiary/aromatic N) is 3. The number of aliphatic hydroxyl groups is 1. The first kappa shape index (κ1) is 17.9. The van der Waals surface area contributed by atoms with Crippen molar-refractivity contribution in [2.24, 2.45) is 0 Å². The third kappa shape index (κ3) is 3.14. The Bertz CT molecular complexity index is 1120. The minimum atomic E-state index is -1.02. The average Bonchev–Trinajstić information content (AvgIpc) is 2.77. The fraction of sp³-hybridized carbons (Fsp3) is 0.136. The van der Waals surface area contributed by atoms with Gasteiger partial charge < -0.3 is 14.6 Å². The SMILES string of the molecule is COc1cccc([C@H](O)c2nc(-c3ccncc3)cc3ncccc23)c1OC. The number of hydrogen-bond acceptors (Lipinski definition) is 6. The summed E-state index contributed by atoms with van der Waals surface area (Å²) in [4.78, 5) is 13.3. The number of methoxy groups -OCH3 is 2. The normalized spacial score (nSPS) is 12.0. The summed E-state index contributed by atoms with van der Waals surface area (Å²) in [6, 6.07) is 14.8. The Hall–Kier alpha value is -3.51. The van der Waals surface area contributed by atoms with Gasteiger partial charge in [-0.1, -0.05) is 12.1 Å². The zero-order valence-electron chi connectivity index (χ0n) is 15.5. The molecule has 0 fully saturated rings. The Balaban J connectivity index is 1.93. The van der Waals surface area contributed by atoms with Gasteiger partial charge in [-0.2, -0.15) is 0 Å². The fourth-order valence-electron chi connectivity index (χ4n) is 3.25. The highest BCUT2D eigenvalue weighted by Gasteiger charge is 2.23. The van der Waals surface area contributed by atoms with Crippen molar-refractivity contribution in [1.82, 2.24) is 15.0 Å². The fourth-order valence-corrected chi connectivity index (χ4v) is 3.25. The Kier molecular flexibility index (Phi) is 4.87. The standard InChI is InChI=1S/C22H19N3O3/c1-27-19-7-3-5-16(22(19)28-2)21(26)20-15-6-4-10-24-18(15)13-17(25-20)14-8-11-23-12-9-14/h3-13,21,26H,1-2H3/t21-/m0/s1. The Morgan fingerprint density at radius 1 is 0.929 bits per heavy atom. The predicted octanol–water partition coefficient (Wildman–Crippen LogP) is 3.79. The molecule has 4 aromatic rings. The van der Waals surface area contributed by atoms with E-state index in [1.54, 1.807) is 44.9 Å². The van der Waals surface area contributed by atoms with Crippen LogP contribution in [0.2, 0.25) is 0 Å². The molecule has 6 nitrogen and oxygen atoms in total. The molecule has 6 heteroatoms. The number of aromatic nitrogens is 3. The summed E-state index contributed by atoms with van der Waals surface area (Å²) in [5, 5.41) is 12.0. The molecule has 0 aliphatic carbocycles. The minimum absolute atomic E-state index is 0.477. The third-order valence-corrected chi connectivity index (χ3v) is 4.59. The lowest BCUT2D eigenvalue weighted by Gasteiger charge is -2.18. The van der Waals surface area contributed by atoms with E-state index in [-0.39, 0.29) is 0 Å². The van der Waals surface area contributed by atoms with Crippen molar-refractivity contribution >= 4 is 10.9 Å². The van der Waals surface area contributed by atoms with E-state index >= 15 is 0 Å². The first-order chi connectivity index (χ1) is 13.7. The molecular formula is C22H19N3O3. The Morgan fingerprint density at radius 2 is 1.75 bits per heavy atom. The van der Waals surface area contributed by atoms with Crippen molar-refractivity contribution in [3.63, 3.8) is 0 Å². The summed E-state index contributed by atoms with van der Waals surface area (Å²) in [5.74, 6) is 1.03. The first-order valence-electron chi connectivity index (χ1n) is 8.78. The van der Waals surface area contributed by atoms with Gasteiger partial charge in [0.15, 0.2) is 11.5 Å². The predicted molar refractivity (Wildman–Crippen MR) is 106 cm³/mol. The quantitative estimate of drug-likeness (QED) is 0.573. The molecular weight excluding hydrogens is 354 g/mol. The van der Waals surface area contributed by atoms with Gasteiger partial charge in [-0.05, 0) is 36.4 Å². The second kappa shape index (κ2) is 7.62. The molecule has 0 aliphatic heterocycles. The van der Waals surface area contributed by atoms with Crippen LogP contribution >= 0.6 is 0 Å². The summed E-state index contributed by atoms with van der Waals surface area (Å²) in [5.41, 5.74) is 3.44. The van der Waals surface area contributed by atoms with Crippen molar-refractivity contribution in [1.29, 1.82) is 0 Å². The number of ether oxygens (including phenoxy) is 2. The zero-order chi connectivity index (χ0) is 19.5. The maximum absolute atomic E-state index is 11.3. The molecule has 28 heavy (non-hydrogen) atoms. The highest BCUT2D eigenvalue weighted by molar-refractivity contribution is 5.85. The van der Waals surface area contributed by atoms with Gasteiger partial charge >= 0.3 is 0 Å². The third-order valence-electron chi connectivity index (χ3n) is 4.59. The van der Waals surface area contributed by atoms with Crippen molar-refractivity contribution in [2.75, 3.05) is 14.2 Å². The number of pyridine rings is 3. The summed E-state index contributed by atoms with van der Waals surface area (Å²) >= 11 is 0. The van der Waals surface area contributed by atoms with E-state index in [9.17, 15) is 5.11 Å². The van der Waals surface area contributed by atoms with Crippen LogP contribution in [0.5, 0.6) is 11.5 Å². The summed E-state index contributed by atoms with van der Waals surface area (Å²) in [6.45, 7) is 0. The van der Waals surface area contributed by atoms with Crippen LogP contribution in [0.1, 0.15) is 17.4 Å². The van der Waals surface area contributed by atoms with E-state index in [1.165, 1.54) is 0 Å². The van der Waals surface area contributed by atoms with Crippen molar-refractivity contribution in [3.8, 4) is 22.8 Å². The van der Waals surface area contributed by atoms with E-state index < -0.39 is 6.10 Å². The van der Waals surface area contributed by atoms with E-state index in [0.717, 1.165) is 16.5 Å². The topological polar surface area (TPSA) is 77.4 Å². The molecule has 1 atom stereocenters. The first-order valence-corrected chi connectivity index (χ1v) is 8.78. The number of hydrogen-bond donors (Lipinski definition) is 1. The van der Waals surface area contributed by atoms with Crippen LogP contribution in [0, 0.1) is 0 Å². The number of benzene rings is 1. The maximum atomic E-state index is 11.3. The number of rotatable bonds is 5. The largest absolute Gasteiger partial charge is 0.493 e. The van der Waals surface area contributed by atoms with Gasteiger partial charge in [0.25, 0.3) is 0 Å². The van der Waals surface area contributed by atoms with Crippen LogP contribution in [-0.2, 0) is 0 Å². The molecule has 140 valence electrons. The molecule has 0 amide bonds. The molecule has 0 aliphatic rings. The van der Waals surface area contributed by atoms with E-state index in [4.69, 9.17) is 14.5 Å². The lowest BCUT2D eigenvalue weighted by molar-refractivity contribution is 0.210. The van der Waals surface area contributed by atoms with Crippen LogP contribution in [0.15, 0.2) is 67.1 Å². The van der Waals surface area contributed by atoms with Gasteiger partial charge in [0.1, 0.15) is 6.10 Å². The molecule has 0 spiro atoms. The highest BCUT2D eigenvalue weighted by Crippen LogP contribution is 2.38. The molecule has 0 radical (unpaired) electrons. The number of para-hydroxylation sites is 1. The monoisotopic (exact) mass is 373 g/mol. The van der Waals surface area contributed by atoms with Gasteiger partial charge in [0, 0.05) is 35.1 Å². The molecule has 1 aromatic carbocycles. The van der Waals surface area contributed by atoms with Crippen LogP contribution in [0.3, 0.4) is 0 Å². The van der Waals surface area contributed by atoms with Crippen LogP contribution in [0.4, 0.5) is 0 Å². The van der Waals surface area contributed by atoms with Crippen molar-refractivity contribution < 1.29 is 14.6 Å². The van der Waals surface area contributed by atoms with E-state index in [1.807, 2.05) is 36.4 Å². The van der Waals surface area contributed by atoms with E-state index in [0.29, 0.717) is 28.5 Å². The minimum Gasteiger partial charge on any atom is -0.493 e. The smallest absolute Gasteiger partial charge is 0.166 e. The zero-order valence-corrected chi connectivity index (χ0v) is 15.5. The summed E-state index contributed by atoms with van der Waals surface area (Å²) < 4.78 is 10.9. The molecule has 0 saturated heterocycles. The van der Waals surface area contributed by atoms with Crippen LogP contribution < -0.4 is 9.47 Å². The van der Waals surface area contributed by atoms with Gasteiger partial charge in [0.05, 0.1) is 31.1 Å². The lowest BCUT2D eigenvalue weighted by Crippen LogP contribution is -2.07. The second-order valence-corrected chi connectivity index (χ2v) is 6.18. The lowest BCUT2D eigenvalue weighted by atomic mass is 10.00. The van der Waals surface area contributed by atoms with Crippen LogP contribution in [0.25, 0.3) is 22.2 Å². The van der Waals surface area contributed by atoms with Gasteiger partial charge in [0.2, 0.25) is 0 Å².